The Hall–Kier alpha value is -2.92. The molecule has 0 aliphatic rings. The Kier molecular flexibility index (Phi) is 8.84. The number of nitrogens with one attached hydrogen (secondary N) is 2. The van der Waals surface area contributed by atoms with Crippen LogP contribution in [-0.2, 0) is 45.7 Å². The van der Waals surface area contributed by atoms with Crippen LogP contribution in [0.2, 0.25) is 0 Å². The van der Waals surface area contributed by atoms with Crippen LogP contribution in [0.4, 0.5) is 10.8 Å². The monoisotopic (exact) mass is 485 g/mol. The molecule has 2 atom stereocenters. The minimum atomic E-state index is -2.12. The molecule has 33 heavy (non-hydrogen) atoms. The number of carbonyl (C=O) groups excluding carboxylic acids is 2. The number of anilines is 2. The molecule has 1 amide bonds. The van der Waals surface area contributed by atoms with E-state index in [0.29, 0.717) is 24.3 Å². The van der Waals surface area contributed by atoms with Crippen LogP contribution in [0.5, 0.6) is 0 Å². The highest BCUT2D eigenvalue weighted by molar-refractivity contribution is 7.78. The predicted octanol–water partition coefficient (Wildman–Crippen LogP) is 2.75. The molecule has 0 saturated carbocycles. The fraction of sp³-hybridized carbons (Fsp3) is 0.261. The first-order valence-corrected chi connectivity index (χ1v) is 12.3. The third-order valence-electron chi connectivity index (χ3n) is 4.82. The average molecular weight is 486 g/mol. The maximum atomic E-state index is 11.5. The Bertz CT molecular complexity index is 1110. The van der Waals surface area contributed by atoms with Gasteiger partial charge in [-0.2, -0.15) is 0 Å². The third kappa shape index (κ3) is 7.86. The van der Waals surface area contributed by atoms with E-state index in [0.717, 1.165) is 39.4 Å². The Labute approximate surface area is 198 Å². The quantitative estimate of drug-likeness (QED) is 0.216. The number of hydrogen-bond donors (Lipinski definition) is 3. The zero-order chi connectivity index (χ0) is 23.8. The molecule has 0 aliphatic heterocycles. The van der Waals surface area contributed by atoms with Crippen molar-refractivity contribution >= 4 is 45.4 Å². The Morgan fingerprint density at radius 1 is 1.12 bits per heavy atom. The van der Waals surface area contributed by atoms with Gasteiger partial charge in [-0.25, -0.2) is 4.98 Å². The molecule has 0 radical (unpaired) electrons. The number of amides is 1. The van der Waals surface area contributed by atoms with Crippen molar-refractivity contribution in [2.24, 2.45) is 5.73 Å². The normalized spacial score (nSPS) is 12.7. The largest absolute Gasteiger partial charge is 0.772 e. The number of thiazole rings is 1. The molecule has 3 rings (SSSR count). The van der Waals surface area contributed by atoms with Gasteiger partial charge in [0, 0.05) is 29.7 Å². The van der Waals surface area contributed by atoms with E-state index in [2.05, 4.69) is 15.6 Å². The maximum Gasteiger partial charge on any atom is 0.223 e. The molecule has 0 saturated heterocycles. The summed E-state index contributed by atoms with van der Waals surface area (Å²) < 4.78 is 21.8. The smallest absolute Gasteiger partial charge is 0.223 e. The molecule has 4 N–H and O–H groups in total. The SMILES string of the molecule is CC(=O)Nc1nc(CCc2ccc(NC(N)C=O)cc2)c(Cc2ccc(CS(=O)[O-])cc2)s1. The van der Waals surface area contributed by atoms with Gasteiger partial charge in [0.2, 0.25) is 5.91 Å². The first-order chi connectivity index (χ1) is 15.8. The fourth-order valence-electron chi connectivity index (χ4n) is 3.25. The number of carbonyl (C=O) groups is 2. The van der Waals surface area contributed by atoms with Gasteiger partial charge in [0.1, 0.15) is 6.17 Å². The van der Waals surface area contributed by atoms with Crippen LogP contribution in [0.3, 0.4) is 0 Å². The van der Waals surface area contributed by atoms with Gasteiger partial charge in [0.15, 0.2) is 11.4 Å². The molecule has 1 aromatic heterocycles. The molecule has 0 bridgehead atoms. The summed E-state index contributed by atoms with van der Waals surface area (Å²) in [6.07, 6.45) is 1.99. The number of benzene rings is 2. The van der Waals surface area contributed by atoms with E-state index in [1.165, 1.54) is 18.3 Å². The van der Waals surface area contributed by atoms with Gasteiger partial charge in [-0.1, -0.05) is 47.5 Å². The van der Waals surface area contributed by atoms with Gasteiger partial charge in [0.05, 0.1) is 5.69 Å². The minimum absolute atomic E-state index is 0.00579. The lowest BCUT2D eigenvalue weighted by atomic mass is 10.0. The van der Waals surface area contributed by atoms with Gasteiger partial charge < -0.3 is 20.9 Å². The van der Waals surface area contributed by atoms with Crippen molar-refractivity contribution in [2.45, 2.75) is 38.1 Å². The van der Waals surface area contributed by atoms with Gasteiger partial charge >= 0.3 is 0 Å². The summed E-state index contributed by atoms with van der Waals surface area (Å²) in [6.45, 7) is 1.45. The molecule has 3 aromatic rings. The summed E-state index contributed by atoms with van der Waals surface area (Å²) in [7, 11) is 0. The molecule has 0 spiro atoms. The molecule has 10 heteroatoms. The van der Waals surface area contributed by atoms with Crippen molar-refractivity contribution in [1.82, 2.24) is 4.98 Å². The van der Waals surface area contributed by atoms with Gasteiger partial charge in [0.25, 0.3) is 0 Å². The molecule has 1 heterocycles. The van der Waals surface area contributed by atoms with Crippen molar-refractivity contribution < 1.29 is 18.4 Å². The summed E-state index contributed by atoms with van der Waals surface area (Å²) in [5, 5.41) is 6.22. The first kappa shape index (κ1) is 24.7. The number of aldehydes is 1. The second-order valence-electron chi connectivity index (χ2n) is 7.51. The predicted molar refractivity (Wildman–Crippen MR) is 130 cm³/mol. The van der Waals surface area contributed by atoms with Crippen molar-refractivity contribution in [2.75, 3.05) is 10.6 Å². The molecule has 8 nitrogen and oxygen atoms in total. The van der Waals surface area contributed by atoms with E-state index in [1.807, 2.05) is 48.5 Å². The summed E-state index contributed by atoms with van der Waals surface area (Å²) in [6, 6.07) is 15.1. The number of hydrogen-bond acceptors (Lipinski definition) is 8. The topological polar surface area (TPSA) is 137 Å². The van der Waals surface area contributed by atoms with E-state index in [1.54, 1.807) is 0 Å². The third-order valence-corrected chi connectivity index (χ3v) is 6.40. The summed E-state index contributed by atoms with van der Waals surface area (Å²) in [5.41, 5.74) is 10.1. The van der Waals surface area contributed by atoms with Crippen molar-refractivity contribution in [3.8, 4) is 0 Å². The lowest BCUT2D eigenvalue weighted by molar-refractivity contribution is -0.114. The second-order valence-corrected chi connectivity index (χ2v) is 9.49. The zero-order valence-corrected chi connectivity index (χ0v) is 19.7. The van der Waals surface area contributed by atoms with Crippen LogP contribution in [0, 0.1) is 0 Å². The van der Waals surface area contributed by atoms with E-state index >= 15 is 0 Å². The molecule has 2 aromatic carbocycles. The van der Waals surface area contributed by atoms with Crippen LogP contribution in [-0.4, -0.2) is 32.1 Å². The molecular weight excluding hydrogens is 460 g/mol. The lowest BCUT2D eigenvalue weighted by Crippen LogP contribution is -2.30. The highest BCUT2D eigenvalue weighted by atomic mass is 32.2. The van der Waals surface area contributed by atoms with Gasteiger partial charge in [-0.15, -0.1) is 11.3 Å². The number of nitrogens with zero attached hydrogens (tertiary/aromatic N) is 1. The lowest BCUT2D eigenvalue weighted by Gasteiger charge is -2.09. The van der Waals surface area contributed by atoms with Crippen LogP contribution < -0.4 is 16.4 Å². The van der Waals surface area contributed by atoms with E-state index in [-0.39, 0.29) is 11.7 Å². The first-order valence-electron chi connectivity index (χ1n) is 10.3. The molecule has 0 fully saturated rings. The Morgan fingerprint density at radius 2 is 1.76 bits per heavy atom. The van der Waals surface area contributed by atoms with Gasteiger partial charge in [-0.05, 0) is 41.7 Å². The van der Waals surface area contributed by atoms with E-state index in [9.17, 15) is 18.4 Å². The van der Waals surface area contributed by atoms with Crippen molar-refractivity contribution in [1.29, 1.82) is 0 Å². The van der Waals surface area contributed by atoms with Crippen LogP contribution >= 0.6 is 11.3 Å². The van der Waals surface area contributed by atoms with Crippen LogP contribution in [0.15, 0.2) is 48.5 Å². The standard InChI is InChI=1S/C23H26N4O4S2/c1-15(29)25-23-27-20(11-8-16-6-9-19(10-7-16)26-22(24)13-28)21(32-23)12-17-2-4-18(5-3-17)14-33(30)31/h2-7,9-10,13,22,26H,8,11-12,14,24H2,1H3,(H,30,31)(H,25,27,29)/p-1. The maximum absolute atomic E-state index is 11.5. The number of rotatable bonds is 11. The van der Waals surface area contributed by atoms with Crippen LogP contribution in [0.1, 0.15) is 34.2 Å². The van der Waals surface area contributed by atoms with Gasteiger partial charge in [-0.3, -0.25) is 13.8 Å². The second kappa shape index (κ2) is 11.8. The van der Waals surface area contributed by atoms with Crippen molar-refractivity contribution in [3.05, 3.63) is 75.8 Å². The number of aryl methyl sites for hydroxylation is 2. The van der Waals surface area contributed by atoms with E-state index in [4.69, 9.17) is 5.73 Å². The summed E-state index contributed by atoms with van der Waals surface area (Å²) in [5.74, 6) is -0.179. The summed E-state index contributed by atoms with van der Waals surface area (Å²) >= 11 is -0.671. The highest BCUT2D eigenvalue weighted by Gasteiger charge is 2.13. The Balaban J connectivity index is 1.71. The summed E-state index contributed by atoms with van der Waals surface area (Å²) in [4.78, 5) is 27.9. The van der Waals surface area contributed by atoms with Crippen LogP contribution in [0.25, 0.3) is 0 Å². The molecule has 174 valence electrons. The number of nitrogens with two attached hydrogens (primary N) is 1. The molecule has 2 unspecified atom stereocenters. The van der Waals surface area contributed by atoms with E-state index < -0.39 is 17.2 Å². The number of aromatic nitrogens is 1. The fourth-order valence-corrected chi connectivity index (χ4v) is 4.81. The molecular formula is C23H25N4O4S2-. The highest BCUT2D eigenvalue weighted by Crippen LogP contribution is 2.27. The van der Waals surface area contributed by atoms with Crippen molar-refractivity contribution in [3.63, 3.8) is 0 Å². The Morgan fingerprint density at radius 3 is 2.36 bits per heavy atom. The average Bonchev–Trinajstić information content (AvgIpc) is 3.14. The zero-order valence-electron chi connectivity index (χ0n) is 18.1. The minimum Gasteiger partial charge on any atom is -0.772 e. The molecule has 0 aliphatic carbocycles.